The third kappa shape index (κ3) is 5.42. The molecule has 1 nitrogen and oxygen atoms in total. The summed E-state index contributed by atoms with van der Waals surface area (Å²) < 4.78 is 20.0. The maximum absolute atomic E-state index is 13.0. The fourth-order valence-corrected chi connectivity index (χ4v) is 9.43. The van der Waals surface area contributed by atoms with E-state index in [1.807, 2.05) is 12.1 Å². The van der Waals surface area contributed by atoms with E-state index in [-0.39, 0.29) is 10.9 Å². The van der Waals surface area contributed by atoms with E-state index in [2.05, 4.69) is 81.4 Å². The van der Waals surface area contributed by atoms with E-state index in [0.29, 0.717) is 0 Å². The molecule has 0 bridgehead atoms. The molecule has 0 aromatic heterocycles. The van der Waals surface area contributed by atoms with E-state index in [0.717, 1.165) is 30.1 Å². The first-order chi connectivity index (χ1) is 14.4. The summed E-state index contributed by atoms with van der Waals surface area (Å²) in [5, 5.41) is 2.66. The molecule has 0 atom stereocenters. The van der Waals surface area contributed by atoms with Crippen LogP contribution in [0.1, 0.15) is 33.6 Å². The average Bonchev–Trinajstić information content (AvgIpc) is 2.75. The molecule has 0 spiro atoms. The predicted molar refractivity (Wildman–Crippen MR) is 130 cm³/mol. The Balaban J connectivity index is 1.69. The van der Waals surface area contributed by atoms with Gasteiger partial charge in [-0.05, 0) is 58.3 Å². The summed E-state index contributed by atoms with van der Waals surface area (Å²) in [4.78, 5) is 1.12. The van der Waals surface area contributed by atoms with Crippen molar-refractivity contribution in [2.75, 3.05) is 12.4 Å². The van der Waals surface area contributed by atoms with Gasteiger partial charge in [0, 0.05) is 11.5 Å². The molecule has 3 aromatic carbocycles. The molecule has 0 N–H and O–H groups in total. The summed E-state index contributed by atoms with van der Waals surface area (Å²) in [6.07, 6.45) is 2.08. The maximum atomic E-state index is 13.0. The molecule has 0 fully saturated rings. The highest BCUT2D eigenvalue weighted by Crippen LogP contribution is 2.36. The molecule has 4 heteroatoms. The van der Waals surface area contributed by atoms with Crippen LogP contribution < -0.4 is 10.4 Å². The fraction of sp³-hybridized carbons (Fsp3) is 0.308. The lowest BCUT2D eigenvalue weighted by Gasteiger charge is -2.43. The topological polar surface area (TPSA) is 9.23 Å². The Labute approximate surface area is 185 Å². The molecule has 0 heterocycles. The van der Waals surface area contributed by atoms with Gasteiger partial charge in [-0.15, -0.1) is 11.8 Å². The zero-order valence-electron chi connectivity index (χ0n) is 18.1. The first-order valence-electron chi connectivity index (χ1n) is 10.6. The van der Waals surface area contributed by atoms with Crippen molar-refractivity contribution < 1.29 is 8.82 Å². The third-order valence-corrected chi connectivity index (χ3v) is 11.5. The number of thioether (sulfide) groups is 1. The molecule has 0 amide bonds. The fourth-order valence-electron chi connectivity index (χ4n) is 3.91. The van der Waals surface area contributed by atoms with Crippen molar-refractivity contribution in [3.63, 3.8) is 0 Å². The van der Waals surface area contributed by atoms with E-state index < -0.39 is 8.32 Å². The monoisotopic (exact) mass is 438 g/mol. The van der Waals surface area contributed by atoms with Crippen LogP contribution in [0, 0.1) is 5.82 Å². The van der Waals surface area contributed by atoms with Crippen LogP contribution in [-0.4, -0.2) is 20.7 Å². The van der Waals surface area contributed by atoms with Crippen molar-refractivity contribution in [1.82, 2.24) is 0 Å². The van der Waals surface area contributed by atoms with Gasteiger partial charge >= 0.3 is 0 Å². The minimum Gasteiger partial charge on any atom is -0.407 e. The number of halogens is 1. The third-order valence-electron chi connectivity index (χ3n) is 5.36. The molecule has 0 aliphatic rings. The minimum absolute atomic E-state index is 0.0125. The van der Waals surface area contributed by atoms with Gasteiger partial charge in [-0.2, -0.15) is 0 Å². The summed E-state index contributed by atoms with van der Waals surface area (Å²) in [5.41, 5.74) is 0. The van der Waals surface area contributed by atoms with E-state index in [1.165, 1.54) is 22.5 Å². The van der Waals surface area contributed by atoms with Gasteiger partial charge < -0.3 is 4.43 Å². The van der Waals surface area contributed by atoms with Gasteiger partial charge in [0.05, 0.1) is 0 Å². The SMILES string of the molecule is CC(C)(C)[Si](OCCCCSc1ccc(F)cc1)(c1ccccc1)c1ccccc1. The summed E-state index contributed by atoms with van der Waals surface area (Å²) in [7, 11) is -2.43. The molecule has 3 rings (SSSR count). The quantitative estimate of drug-likeness (QED) is 0.221. The van der Waals surface area contributed by atoms with Gasteiger partial charge in [-0.1, -0.05) is 81.4 Å². The Morgan fingerprint density at radius 2 is 1.30 bits per heavy atom. The molecule has 0 radical (unpaired) electrons. The number of hydrogen-bond donors (Lipinski definition) is 0. The molecule has 0 aliphatic carbocycles. The van der Waals surface area contributed by atoms with Gasteiger partial charge in [-0.3, -0.25) is 0 Å². The van der Waals surface area contributed by atoms with Gasteiger partial charge in [-0.25, -0.2) is 4.39 Å². The maximum Gasteiger partial charge on any atom is 0.261 e. The van der Waals surface area contributed by atoms with Crippen molar-refractivity contribution in [2.45, 2.75) is 43.5 Å². The number of benzene rings is 3. The summed E-state index contributed by atoms with van der Waals surface area (Å²) in [5.74, 6) is 0.827. The highest BCUT2D eigenvalue weighted by Gasteiger charge is 2.49. The molecule has 0 saturated carbocycles. The molecular formula is C26H31FOSSi. The smallest absolute Gasteiger partial charge is 0.261 e. The Hall–Kier alpha value is -1.88. The lowest BCUT2D eigenvalue weighted by atomic mass is 10.2. The first-order valence-corrected chi connectivity index (χ1v) is 13.5. The summed E-state index contributed by atoms with van der Waals surface area (Å²) >= 11 is 1.77. The number of hydrogen-bond acceptors (Lipinski definition) is 2. The lowest BCUT2D eigenvalue weighted by molar-refractivity contribution is 0.291. The van der Waals surface area contributed by atoms with E-state index in [1.54, 1.807) is 11.8 Å². The largest absolute Gasteiger partial charge is 0.407 e. The van der Waals surface area contributed by atoms with Crippen LogP contribution in [0.2, 0.25) is 5.04 Å². The molecule has 158 valence electrons. The Bertz CT molecular complexity index is 852. The van der Waals surface area contributed by atoms with Crippen LogP contribution in [0.5, 0.6) is 0 Å². The van der Waals surface area contributed by atoms with Crippen LogP contribution in [0.3, 0.4) is 0 Å². The van der Waals surface area contributed by atoms with Crippen molar-refractivity contribution in [1.29, 1.82) is 0 Å². The highest BCUT2D eigenvalue weighted by atomic mass is 32.2. The molecular weight excluding hydrogens is 407 g/mol. The average molecular weight is 439 g/mol. The van der Waals surface area contributed by atoms with Gasteiger partial charge in [0.1, 0.15) is 5.82 Å². The van der Waals surface area contributed by atoms with Crippen molar-refractivity contribution in [3.05, 3.63) is 90.7 Å². The second-order valence-corrected chi connectivity index (χ2v) is 14.0. The predicted octanol–water partition coefficient (Wildman–Crippen LogP) is 6.27. The minimum atomic E-state index is -2.43. The Kier molecular flexibility index (Phi) is 7.92. The van der Waals surface area contributed by atoms with Crippen LogP contribution in [-0.2, 0) is 4.43 Å². The van der Waals surface area contributed by atoms with E-state index in [4.69, 9.17) is 4.43 Å². The molecule has 3 aromatic rings. The van der Waals surface area contributed by atoms with Crippen molar-refractivity contribution in [3.8, 4) is 0 Å². The normalized spacial score (nSPS) is 12.1. The van der Waals surface area contributed by atoms with Crippen LogP contribution in [0.4, 0.5) is 4.39 Å². The Morgan fingerprint density at radius 1 is 0.767 bits per heavy atom. The molecule has 30 heavy (non-hydrogen) atoms. The van der Waals surface area contributed by atoms with Gasteiger partial charge in [0.15, 0.2) is 0 Å². The first kappa shape index (κ1) is 22.8. The second-order valence-electron chi connectivity index (χ2n) is 8.52. The van der Waals surface area contributed by atoms with Crippen LogP contribution >= 0.6 is 11.8 Å². The van der Waals surface area contributed by atoms with Gasteiger partial charge in [0.2, 0.25) is 0 Å². The highest BCUT2D eigenvalue weighted by molar-refractivity contribution is 7.99. The second kappa shape index (κ2) is 10.4. The van der Waals surface area contributed by atoms with Gasteiger partial charge in [0.25, 0.3) is 8.32 Å². The zero-order valence-corrected chi connectivity index (χ0v) is 19.9. The summed E-state index contributed by atoms with van der Waals surface area (Å²) in [6.45, 7) is 7.67. The van der Waals surface area contributed by atoms with E-state index in [9.17, 15) is 4.39 Å². The summed E-state index contributed by atoms with van der Waals surface area (Å²) in [6, 6.07) is 28.3. The molecule has 0 unspecified atom stereocenters. The van der Waals surface area contributed by atoms with Crippen LogP contribution in [0.15, 0.2) is 89.8 Å². The Morgan fingerprint density at radius 3 is 1.80 bits per heavy atom. The zero-order chi connectivity index (χ0) is 21.5. The lowest BCUT2D eigenvalue weighted by Crippen LogP contribution is -2.66. The number of unbranched alkanes of at least 4 members (excludes halogenated alkanes) is 1. The van der Waals surface area contributed by atoms with Crippen molar-refractivity contribution >= 4 is 30.5 Å². The number of rotatable bonds is 9. The van der Waals surface area contributed by atoms with Crippen molar-refractivity contribution in [2.24, 2.45) is 0 Å². The molecule has 0 saturated heterocycles. The standard InChI is InChI=1S/C26H31FOSSi/c1-26(2,3)30(24-12-6-4-7-13-24,25-14-8-5-9-15-25)28-20-10-11-21-29-23-18-16-22(27)17-19-23/h4-9,12-19H,10-11,20-21H2,1-3H3. The molecule has 0 aliphatic heterocycles. The van der Waals surface area contributed by atoms with E-state index >= 15 is 0 Å². The van der Waals surface area contributed by atoms with Crippen LogP contribution in [0.25, 0.3) is 0 Å².